The van der Waals surface area contributed by atoms with Crippen molar-refractivity contribution in [1.29, 1.82) is 0 Å². The van der Waals surface area contributed by atoms with E-state index in [0.717, 1.165) is 22.4 Å². The van der Waals surface area contributed by atoms with Crippen LogP contribution in [0.2, 0.25) is 0 Å². The molecule has 0 bridgehead atoms. The van der Waals surface area contributed by atoms with E-state index in [4.69, 9.17) is 18.4 Å². The number of carbonyl (C=O) groups excluding carboxylic acids is 1. The van der Waals surface area contributed by atoms with E-state index in [0.29, 0.717) is 38.8 Å². The number of aryl methyl sites for hydroxylation is 1. The zero-order valence-corrected chi connectivity index (χ0v) is 23.5. The summed E-state index contributed by atoms with van der Waals surface area (Å²) in [4.78, 5) is 12.8. The number of carbonyl (C=O) groups is 1. The fourth-order valence-corrected chi connectivity index (χ4v) is 7.40. The maximum absolute atomic E-state index is 12.9. The Kier molecular flexibility index (Phi) is 7.09. The Balaban J connectivity index is 1.18. The predicted octanol–water partition coefficient (Wildman–Crippen LogP) is 4.96. The number of ether oxygens (including phenoxy) is 3. The van der Waals surface area contributed by atoms with Crippen molar-refractivity contribution in [3.63, 3.8) is 0 Å². The summed E-state index contributed by atoms with van der Waals surface area (Å²) < 4.78 is 49.5. The molecule has 3 fully saturated rings. The summed E-state index contributed by atoms with van der Waals surface area (Å²) in [5.41, 5.74) is 3.97. The van der Waals surface area contributed by atoms with Crippen LogP contribution in [0.4, 0.5) is 0 Å². The number of rotatable bonds is 6. The van der Waals surface area contributed by atoms with Crippen molar-refractivity contribution in [1.82, 2.24) is 4.31 Å². The molecule has 0 radical (unpaired) electrons. The van der Waals surface area contributed by atoms with Gasteiger partial charge in [-0.2, -0.15) is 12.7 Å². The van der Waals surface area contributed by atoms with Crippen LogP contribution in [0, 0.1) is 12.8 Å². The molecule has 3 atom stereocenters. The molecule has 8 nitrogen and oxygen atoms in total. The van der Waals surface area contributed by atoms with Crippen LogP contribution in [0.1, 0.15) is 63.5 Å². The average Bonchev–Trinajstić information content (AvgIpc) is 3.29. The molecular weight excluding hydrogens is 506 g/mol. The van der Waals surface area contributed by atoms with E-state index < -0.39 is 33.6 Å². The van der Waals surface area contributed by atoms with Gasteiger partial charge in [0.2, 0.25) is 0 Å². The zero-order valence-electron chi connectivity index (χ0n) is 22.7. The Morgan fingerprint density at radius 2 is 1.82 bits per heavy atom. The highest BCUT2D eigenvalue weighted by Gasteiger charge is 2.57. The largest absolute Gasteiger partial charge is 0.497 e. The Morgan fingerprint density at radius 3 is 2.47 bits per heavy atom. The minimum Gasteiger partial charge on any atom is -0.497 e. The summed E-state index contributed by atoms with van der Waals surface area (Å²) in [5, 5.41) is 0. The Bertz CT molecular complexity index is 1320. The molecule has 0 N–H and O–H groups in total. The van der Waals surface area contributed by atoms with E-state index in [-0.39, 0.29) is 12.0 Å². The number of fused-ring (bicyclic) bond motifs is 1. The molecule has 2 aromatic rings. The first-order chi connectivity index (χ1) is 17.9. The van der Waals surface area contributed by atoms with E-state index in [2.05, 4.69) is 31.2 Å². The molecule has 2 saturated heterocycles. The van der Waals surface area contributed by atoms with E-state index >= 15 is 0 Å². The standard InChI is InChI=1S/C29H37NO7S/c1-19-15-21(9-10-25(19)22-7-6-8-24(16-22)34-5)20-11-13-30(14-12-20)38(32,33)36-27(31)23-17-26-29(4,18-23)37-28(2,3)35-26/h6-10,15-16,20,23,26H,11-14,17-18H2,1-5H3/t23-,26+,29-/m1/s1. The fraction of sp³-hybridized carbons (Fsp3) is 0.552. The lowest BCUT2D eigenvalue weighted by molar-refractivity contribution is -0.172. The molecule has 0 aromatic heterocycles. The normalized spacial score (nSPS) is 27.7. The first-order valence-electron chi connectivity index (χ1n) is 13.3. The van der Waals surface area contributed by atoms with E-state index in [1.54, 1.807) is 7.11 Å². The van der Waals surface area contributed by atoms with E-state index in [1.807, 2.05) is 39.0 Å². The van der Waals surface area contributed by atoms with E-state index in [1.165, 1.54) is 9.87 Å². The van der Waals surface area contributed by atoms with Crippen LogP contribution in [0.5, 0.6) is 5.75 Å². The Hall–Kier alpha value is -2.46. The number of methoxy groups -OCH3 is 1. The Morgan fingerprint density at radius 1 is 1.08 bits per heavy atom. The monoisotopic (exact) mass is 543 g/mol. The third-order valence-corrected chi connectivity index (χ3v) is 9.50. The molecule has 2 aliphatic heterocycles. The topological polar surface area (TPSA) is 91.4 Å². The fourth-order valence-electron chi connectivity index (χ4n) is 6.29. The minimum absolute atomic E-state index is 0.238. The van der Waals surface area contributed by atoms with Crippen LogP contribution in [0.15, 0.2) is 42.5 Å². The van der Waals surface area contributed by atoms with Crippen molar-refractivity contribution in [3.8, 4) is 16.9 Å². The minimum atomic E-state index is -4.16. The zero-order chi connectivity index (χ0) is 27.3. The highest BCUT2D eigenvalue weighted by molar-refractivity contribution is 7.84. The summed E-state index contributed by atoms with van der Waals surface area (Å²) in [5.74, 6) is -0.951. The van der Waals surface area contributed by atoms with Crippen LogP contribution in [0.25, 0.3) is 11.1 Å². The number of piperidine rings is 1. The lowest BCUT2D eigenvalue weighted by Gasteiger charge is -2.31. The molecule has 1 aliphatic carbocycles. The highest BCUT2D eigenvalue weighted by Crippen LogP contribution is 2.49. The molecule has 2 heterocycles. The van der Waals surface area contributed by atoms with Gasteiger partial charge in [-0.05, 0) is 93.7 Å². The lowest BCUT2D eigenvalue weighted by atomic mass is 9.87. The first kappa shape index (κ1) is 27.1. The van der Waals surface area contributed by atoms with Gasteiger partial charge in [-0.25, -0.2) is 0 Å². The molecule has 38 heavy (non-hydrogen) atoms. The summed E-state index contributed by atoms with van der Waals surface area (Å²) in [7, 11) is -2.50. The average molecular weight is 544 g/mol. The number of hydrogen-bond acceptors (Lipinski definition) is 7. The Labute approximate surface area is 225 Å². The van der Waals surface area contributed by atoms with Gasteiger partial charge in [0, 0.05) is 13.1 Å². The summed E-state index contributed by atoms with van der Waals surface area (Å²) in [6.07, 6.45) is 1.83. The quantitative estimate of drug-likeness (QED) is 0.509. The maximum Gasteiger partial charge on any atom is 0.387 e. The molecule has 1 saturated carbocycles. The molecule has 206 valence electrons. The van der Waals surface area contributed by atoms with Gasteiger partial charge < -0.3 is 18.4 Å². The summed E-state index contributed by atoms with van der Waals surface area (Å²) in [6, 6.07) is 14.4. The second-order valence-electron chi connectivity index (χ2n) is 11.4. The van der Waals surface area contributed by atoms with Crippen molar-refractivity contribution in [3.05, 3.63) is 53.6 Å². The molecule has 9 heteroatoms. The molecular formula is C29H37NO7S. The third-order valence-electron chi connectivity index (χ3n) is 8.13. The van der Waals surface area contributed by atoms with Crippen LogP contribution in [-0.4, -0.2) is 56.4 Å². The molecule has 5 rings (SSSR count). The number of hydrogen-bond donors (Lipinski definition) is 0. The van der Waals surface area contributed by atoms with Gasteiger partial charge in [-0.15, -0.1) is 0 Å². The second kappa shape index (κ2) is 9.93. The van der Waals surface area contributed by atoms with Crippen LogP contribution in [-0.2, 0) is 28.8 Å². The van der Waals surface area contributed by atoms with Crippen LogP contribution in [0.3, 0.4) is 0 Å². The van der Waals surface area contributed by atoms with Crippen molar-refractivity contribution < 1.29 is 31.6 Å². The first-order valence-corrected chi connectivity index (χ1v) is 14.6. The molecule has 2 aromatic carbocycles. The second-order valence-corrected chi connectivity index (χ2v) is 12.9. The maximum atomic E-state index is 12.9. The van der Waals surface area contributed by atoms with Gasteiger partial charge in [0.1, 0.15) is 5.75 Å². The lowest BCUT2D eigenvalue weighted by Crippen LogP contribution is -2.40. The van der Waals surface area contributed by atoms with Gasteiger partial charge in [0.25, 0.3) is 0 Å². The third kappa shape index (κ3) is 5.34. The smallest absolute Gasteiger partial charge is 0.387 e. The van der Waals surface area contributed by atoms with Gasteiger partial charge >= 0.3 is 16.3 Å². The predicted molar refractivity (Wildman–Crippen MR) is 143 cm³/mol. The van der Waals surface area contributed by atoms with Crippen LogP contribution < -0.4 is 4.74 Å². The van der Waals surface area contributed by atoms with E-state index in [9.17, 15) is 13.2 Å². The molecule has 0 amide bonds. The van der Waals surface area contributed by atoms with Crippen molar-refractivity contribution in [2.75, 3.05) is 20.2 Å². The van der Waals surface area contributed by atoms with Crippen molar-refractivity contribution in [2.24, 2.45) is 5.92 Å². The number of benzene rings is 2. The van der Waals surface area contributed by atoms with Gasteiger partial charge in [0.15, 0.2) is 5.79 Å². The molecule has 0 unspecified atom stereocenters. The molecule has 3 aliphatic rings. The van der Waals surface area contributed by atoms with Crippen LogP contribution >= 0.6 is 0 Å². The summed E-state index contributed by atoms with van der Waals surface area (Å²) in [6.45, 7) is 8.30. The van der Waals surface area contributed by atoms with Gasteiger partial charge in [0.05, 0.1) is 24.7 Å². The number of nitrogens with zero attached hydrogens (tertiary/aromatic N) is 1. The van der Waals surface area contributed by atoms with Gasteiger partial charge in [-0.1, -0.05) is 30.3 Å². The highest BCUT2D eigenvalue weighted by atomic mass is 32.2. The SMILES string of the molecule is COc1cccc(-c2ccc(C3CCN(S(=O)(=O)OC(=O)[C@@H]4C[C@@H]5OC(C)(C)O[C@]5(C)C4)CC3)cc2C)c1. The molecule has 0 spiro atoms. The van der Waals surface area contributed by atoms with Crippen molar-refractivity contribution in [2.45, 2.75) is 76.8 Å². The van der Waals surface area contributed by atoms with Gasteiger partial charge in [-0.3, -0.25) is 4.79 Å². The van der Waals surface area contributed by atoms with Crippen molar-refractivity contribution >= 4 is 16.3 Å². The summed E-state index contributed by atoms with van der Waals surface area (Å²) >= 11 is 0.